The monoisotopic (exact) mass is 369 g/mol. The summed E-state index contributed by atoms with van der Waals surface area (Å²) in [5, 5.41) is 3.64. The Bertz CT molecular complexity index is 630. The summed E-state index contributed by atoms with van der Waals surface area (Å²) in [6.45, 7) is 5.02. The third kappa shape index (κ3) is 4.29. The lowest BCUT2D eigenvalue weighted by Crippen LogP contribution is -2.23. The van der Waals surface area contributed by atoms with Gasteiger partial charge in [-0.25, -0.2) is 4.39 Å². The largest absolute Gasteiger partial charge is 0.310 e. The maximum absolute atomic E-state index is 13.6. The first-order valence-electron chi connectivity index (χ1n) is 6.94. The van der Waals surface area contributed by atoms with Crippen LogP contribution in [0.5, 0.6) is 0 Å². The Balaban J connectivity index is 2.30. The van der Waals surface area contributed by atoms with Crippen LogP contribution in [-0.2, 0) is 6.42 Å². The lowest BCUT2D eigenvalue weighted by Gasteiger charge is -2.21. The van der Waals surface area contributed by atoms with Gasteiger partial charge in [0.1, 0.15) is 5.82 Å². The first-order chi connectivity index (χ1) is 10.0. The molecule has 0 aromatic heterocycles. The molecule has 0 radical (unpaired) electrons. The molecule has 0 heterocycles. The molecule has 2 aromatic rings. The molecule has 1 N–H and O–H groups in total. The van der Waals surface area contributed by atoms with Crippen molar-refractivity contribution in [3.05, 3.63) is 68.4 Å². The number of benzene rings is 2. The number of hydrogen-bond donors (Lipinski definition) is 1. The van der Waals surface area contributed by atoms with E-state index < -0.39 is 0 Å². The van der Waals surface area contributed by atoms with Gasteiger partial charge in [-0.3, -0.25) is 0 Å². The molecule has 0 saturated carbocycles. The zero-order chi connectivity index (χ0) is 15.4. The Kier molecular flexibility index (Phi) is 5.80. The normalized spacial score (nSPS) is 12.4. The molecule has 1 atom stereocenters. The highest BCUT2D eigenvalue weighted by Crippen LogP contribution is 2.26. The van der Waals surface area contributed by atoms with Crippen molar-refractivity contribution in [1.29, 1.82) is 0 Å². The highest BCUT2D eigenvalue weighted by molar-refractivity contribution is 9.10. The Morgan fingerprint density at radius 2 is 2.00 bits per heavy atom. The number of likely N-dealkylation sites (N-methyl/N-ethyl adjacent to an activating group) is 1. The van der Waals surface area contributed by atoms with Crippen LogP contribution in [0.25, 0.3) is 0 Å². The molecule has 0 aliphatic carbocycles. The van der Waals surface area contributed by atoms with Gasteiger partial charge in [-0.2, -0.15) is 0 Å². The number of rotatable bonds is 5. The zero-order valence-electron chi connectivity index (χ0n) is 12.1. The fourth-order valence-corrected chi connectivity index (χ4v) is 2.92. The molecule has 0 aliphatic rings. The molecule has 0 aliphatic heterocycles. The maximum atomic E-state index is 13.6. The molecular weight excluding hydrogens is 353 g/mol. The summed E-state index contributed by atoms with van der Waals surface area (Å²) < 4.78 is 14.7. The summed E-state index contributed by atoms with van der Waals surface area (Å²) in [5.74, 6) is -0.365. The molecule has 1 nitrogen and oxygen atoms in total. The molecule has 0 bridgehead atoms. The fourth-order valence-electron chi connectivity index (χ4n) is 2.43. The topological polar surface area (TPSA) is 12.0 Å². The van der Waals surface area contributed by atoms with Gasteiger partial charge in [-0.05, 0) is 60.8 Å². The van der Waals surface area contributed by atoms with Crippen LogP contribution in [0.2, 0.25) is 5.02 Å². The van der Waals surface area contributed by atoms with Gasteiger partial charge >= 0.3 is 0 Å². The predicted molar refractivity (Wildman–Crippen MR) is 90.4 cm³/mol. The average Bonchev–Trinajstić information content (AvgIpc) is 2.45. The van der Waals surface area contributed by atoms with Crippen molar-refractivity contribution in [2.75, 3.05) is 6.54 Å². The average molecular weight is 371 g/mol. The van der Waals surface area contributed by atoms with E-state index in [9.17, 15) is 4.39 Å². The van der Waals surface area contributed by atoms with E-state index in [1.165, 1.54) is 17.2 Å². The lowest BCUT2D eigenvalue weighted by molar-refractivity contribution is 0.544. The van der Waals surface area contributed by atoms with Crippen LogP contribution in [0.1, 0.15) is 29.7 Å². The van der Waals surface area contributed by atoms with Gasteiger partial charge in [0.25, 0.3) is 0 Å². The van der Waals surface area contributed by atoms with E-state index in [4.69, 9.17) is 11.6 Å². The predicted octanol–water partition coefficient (Wildman–Crippen LogP) is 5.44. The quantitative estimate of drug-likeness (QED) is 0.738. The van der Waals surface area contributed by atoms with E-state index in [0.717, 1.165) is 23.0 Å². The second-order valence-corrected chi connectivity index (χ2v) is 6.39. The van der Waals surface area contributed by atoms with E-state index in [2.05, 4.69) is 47.2 Å². The molecule has 0 saturated heterocycles. The number of halogens is 3. The maximum Gasteiger partial charge on any atom is 0.142 e. The smallest absolute Gasteiger partial charge is 0.142 e. The van der Waals surface area contributed by atoms with Gasteiger partial charge in [0, 0.05) is 10.5 Å². The van der Waals surface area contributed by atoms with Crippen LogP contribution in [0.15, 0.2) is 40.9 Å². The van der Waals surface area contributed by atoms with Crippen LogP contribution < -0.4 is 5.32 Å². The van der Waals surface area contributed by atoms with Gasteiger partial charge in [0.2, 0.25) is 0 Å². The first kappa shape index (κ1) is 16.5. The second-order valence-electron chi connectivity index (χ2n) is 5.06. The van der Waals surface area contributed by atoms with Gasteiger partial charge in [-0.1, -0.05) is 46.6 Å². The molecule has 4 heteroatoms. The summed E-state index contributed by atoms with van der Waals surface area (Å²) in [6, 6.07) is 11.4. The van der Waals surface area contributed by atoms with Gasteiger partial charge < -0.3 is 5.32 Å². The summed E-state index contributed by atoms with van der Waals surface area (Å²) in [7, 11) is 0. The van der Waals surface area contributed by atoms with Crippen LogP contribution in [0, 0.1) is 12.7 Å². The van der Waals surface area contributed by atoms with Crippen molar-refractivity contribution in [3.8, 4) is 0 Å². The third-order valence-electron chi connectivity index (χ3n) is 3.49. The minimum Gasteiger partial charge on any atom is -0.310 e. The van der Waals surface area contributed by atoms with Crippen LogP contribution in [0.3, 0.4) is 0 Å². The van der Waals surface area contributed by atoms with Crippen molar-refractivity contribution >= 4 is 27.5 Å². The summed E-state index contributed by atoms with van der Waals surface area (Å²) in [6.07, 6.45) is 0.721. The van der Waals surface area contributed by atoms with Gasteiger partial charge in [-0.15, -0.1) is 0 Å². The Labute approximate surface area is 138 Å². The first-order valence-corrected chi connectivity index (χ1v) is 8.11. The van der Waals surface area contributed by atoms with Crippen LogP contribution in [0.4, 0.5) is 4.39 Å². The Morgan fingerprint density at radius 1 is 1.24 bits per heavy atom. The Hall–Kier alpha value is -0.900. The van der Waals surface area contributed by atoms with Crippen molar-refractivity contribution < 1.29 is 4.39 Å². The summed E-state index contributed by atoms with van der Waals surface area (Å²) in [5.41, 5.74) is 3.38. The summed E-state index contributed by atoms with van der Waals surface area (Å²) >= 11 is 9.26. The zero-order valence-corrected chi connectivity index (χ0v) is 14.4. The molecule has 0 fully saturated rings. The van der Waals surface area contributed by atoms with Crippen LogP contribution in [-0.4, -0.2) is 6.54 Å². The van der Waals surface area contributed by atoms with Crippen LogP contribution >= 0.6 is 27.5 Å². The minimum absolute atomic E-state index is 0.146. The SMILES string of the molecule is CCNC(Cc1ccc(Cl)c(F)c1)c1cc(Br)ccc1C. The number of hydrogen-bond acceptors (Lipinski definition) is 1. The fraction of sp³-hybridized carbons (Fsp3) is 0.294. The molecule has 2 aromatic carbocycles. The van der Waals surface area contributed by atoms with Crippen molar-refractivity contribution in [3.63, 3.8) is 0 Å². The highest BCUT2D eigenvalue weighted by atomic mass is 79.9. The molecule has 112 valence electrons. The minimum atomic E-state index is -0.365. The number of nitrogens with one attached hydrogen (secondary N) is 1. The molecule has 0 amide bonds. The van der Waals surface area contributed by atoms with Crippen molar-refractivity contribution in [2.45, 2.75) is 26.3 Å². The molecule has 1 unspecified atom stereocenters. The van der Waals surface area contributed by atoms with Gasteiger partial charge in [0.15, 0.2) is 0 Å². The van der Waals surface area contributed by atoms with Crippen molar-refractivity contribution in [2.24, 2.45) is 0 Å². The Morgan fingerprint density at radius 3 is 2.67 bits per heavy atom. The van der Waals surface area contributed by atoms with Crippen molar-refractivity contribution in [1.82, 2.24) is 5.32 Å². The van der Waals surface area contributed by atoms with E-state index in [-0.39, 0.29) is 16.9 Å². The molecule has 0 spiro atoms. The van der Waals surface area contributed by atoms with E-state index in [1.807, 2.05) is 12.1 Å². The highest BCUT2D eigenvalue weighted by Gasteiger charge is 2.15. The van der Waals surface area contributed by atoms with Gasteiger partial charge in [0.05, 0.1) is 5.02 Å². The third-order valence-corrected chi connectivity index (χ3v) is 4.29. The second kappa shape index (κ2) is 7.39. The molecule has 21 heavy (non-hydrogen) atoms. The number of aryl methyl sites for hydroxylation is 1. The van der Waals surface area contributed by atoms with E-state index in [1.54, 1.807) is 6.07 Å². The summed E-state index contributed by atoms with van der Waals surface area (Å²) in [4.78, 5) is 0. The lowest BCUT2D eigenvalue weighted by atomic mass is 9.95. The molecule has 2 rings (SSSR count). The van der Waals surface area contributed by atoms with E-state index in [0.29, 0.717) is 0 Å². The standard InChI is InChI=1S/C17H18BrClFN/c1-3-21-17(14-10-13(18)6-4-11(14)2)9-12-5-7-15(19)16(20)8-12/h4-8,10,17,21H,3,9H2,1-2H3. The molecular formula is C17H18BrClFN. The van der Waals surface area contributed by atoms with E-state index >= 15 is 0 Å².